The predicted molar refractivity (Wildman–Crippen MR) is 157 cm³/mol. The second-order valence-electron chi connectivity index (χ2n) is 10.3. The maximum absolute atomic E-state index is 13.7. The molecular weight excluding hydrogens is 540 g/mol. The van der Waals surface area contributed by atoms with Crippen molar-refractivity contribution in [2.24, 2.45) is 11.7 Å². The minimum Gasteiger partial charge on any atom is -0.463 e. The molecule has 0 aliphatic heterocycles. The highest BCUT2D eigenvalue weighted by atomic mass is 16.5. The summed E-state index contributed by atoms with van der Waals surface area (Å²) in [5.41, 5.74) is 5.54. The van der Waals surface area contributed by atoms with Crippen molar-refractivity contribution in [2.45, 2.75) is 77.0 Å². The van der Waals surface area contributed by atoms with Crippen molar-refractivity contribution in [3.8, 4) is 0 Å². The SMILES string of the molecule is CCOC(=O)/C=C/[C@H](CCC(N)=O)NC(=O)[C@H](CC1CCCCC1)n1cccc(NC(=O)OCc2ccccc2)c1=O. The molecule has 11 heteroatoms. The van der Waals surface area contributed by atoms with Gasteiger partial charge >= 0.3 is 12.1 Å². The summed E-state index contributed by atoms with van der Waals surface area (Å²) in [6.45, 7) is 1.90. The van der Waals surface area contributed by atoms with Crippen LogP contribution in [0.2, 0.25) is 0 Å². The van der Waals surface area contributed by atoms with Crippen LogP contribution < -0.4 is 21.9 Å². The summed E-state index contributed by atoms with van der Waals surface area (Å²) in [4.78, 5) is 63.1. The van der Waals surface area contributed by atoms with E-state index in [1.54, 1.807) is 13.0 Å². The predicted octanol–water partition coefficient (Wildman–Crippen LogP) is 3.98. The average molecular weight is 581 g/mol. The lowest BCUT2D eigenvalue weighted by molar-refractivity contribution is -0.137. The molecule has 1 heterocycles. The molecule has 1 fully saturated rings. The Morgan fingerprint density at radius 3 is 2.48 bits per heavy atom. The van der Waals surface area contributed by atoms with E-state index < -0.39 is 41.5 Å². The van der Waals surface area contributed by atoms with Crippen LogP contribution in [-0.4, -0.2) is 41.1 Å². The van der Waals surface area contributed by atoms with Gasteiger partial charge in [0.25, 0.3) is 5.56 Å². The number of pyridine rings is 1. The van der Waals surface area contributed by atoms with Crippen LogP contribution >= 0.6 is 0 Å². The zero-order valence-corrected chi connectivity index (χ0v) is 24.0. The maximum Gasteiger partial charge on any atom is 0.412 e. The minimum absolute atomic E-state index is 0.0180. The Bertz CT molecular complexity index is 1290. The summed E-state index contributed by atoms with van der Waals surface area (Å²) in [5, 5.41) is 5.37. The molecule has 2 aromatic rings. The number of carbonyl (C=O) groups excluding carboxylic acids is 4. The van der Waals surface area contributed by atoms with E-state index >= 15 is 0 Å². The topological polar surface area (TPSA) is 159 Å². The van der Waals surface area contributed by atoms with Crippen LogP contribution in [-0.2, 0) is 30.5 Å². The van der Waals surface area contributed by atoms with Crippen molar-refractivity contribution in [3.05, 3.63) is 76.7 Å². The number of nitrogens with one attached hydrogen (secondary N) is 2. The average Bonchev–Trinajstić information content (AvgIpc) is 2.98. The zero-order chi connectivity index (χ0) is 30.3. The van der Waals surface area contributed by atoms with Gasteiger partial charge in [-0.1, -0.05) is 68.5 Å². The van der Waals surface area contributed by atoms with E-state index in [4.69, 9.17) is 15.2 Å². The number of amides is 3. The van der Waals surface area contributed by atoms with Crippen molar-refractivity contribution in [1.82, 2.24) is 9.88 Å². The van der Waals surface area contributed by atoms with E-state index in [9.17, 15) is 24.0 Å². The lowest BCUT2D eigenvalue weighted by atomic mass is 9.84. The van der Waals surface area contributed by atoms with E-state index in [0.717, 1.165) is 37.7 Å². The summed E-state index contributed by atoms with van der Waals surface area (Å²) in [6, 6.07) is 10.6. The van der Waals surface area contributed by atoms with Gasteiger partial charge in [-0.15, -0.1) is 0 Å². The molecule has 0 unspecified atom stereocenters. The molecule has 1 aliphatic rings. The van der Waals surface area contributed by atoms with Crippen LogP contribution in [0.25, 0.3) is 0 Å². The molecule has 3 rings (SSSR count). The zero-order valence-electron chi connectivity index (χ0n) is 24.0. The van der Waals surface area contributed by atoms with Gasteiger partial charge in [0.2, 0.25) is 11.8 Å². The smallest absolute Gasteiger partial charge is 0.412 e. The fourth-order valence-electron chi connectivity index (χ4n) is 4.98. The number of nitrogens with zero attached hydrogens (tertiary/aromatic N) is 1. The molecule has 1 aromatic carbocycles. The number of hydrogen-bond donors (Lipinski definition) is 3. The molecule has 1 aliphatic carbocycles. The van der Waals surface area contributed by atoms with Crippen LogP contribution in [0, 0.1) is 5.92 Å². The molecule has 0 saturated heterocycles. The first-order chi connectivity index (χ1) is 20.3. The van der Waals surface area contributed by atoms with E-state index in [1.807, 2.05) is 30.3 Å². The van der Waals surface area contributed by atoms with Gasteiger partial charge in [0.15, 0.2) is 0 Å². The molecule has 0 spiro atoms. The Morgan fingerprint density at radius 2 is 1.79 bits per heavy atom. The van der Waals surface area contributed by atoms with Gasteiger partial charge in [-0.05, 0) is 43.4 Å². The normalized spacial score (nSPS) is 15.0. The fourth-order valence-corrected chi connectivity index (χ4v) is 4.98. The monoisotopic (exact) mass is 580 g/mol. The number of primary amides is 1. The molecule has 42 heavy (non-hydrogen) atoms. The second kappa shape index (κ2) is 16.8. The summed E-state index contributed by atoms with van der Waals surface area (Å²) in [6.07, 6.45) is 9.05. The van der Waals surface area contributed by atoms with E-state index in [-0.39, 0.29) is 37.7 Å². The largest absolute Gasteiger partial charge is 0.463 e. The molecule has 2 atom stereocenters. The molecule has 3 amide bonds. The van der Waals surface area contributed by atoms with Crippen molar-refractivity contribution < 1.29 is 28.7 Å². The number of benzene rings is 1. The number of esters is 1. The van der Waals surface area contributed by atoms with Crippen molar-refractivity contribution in [2.75, 3.05) is 11.9 Å². The fraction of sp³-hybridized carbons (Fsp3) is 0.452. The molecule has 0 radical (unpaired) electrons. The first-order valence-corrected chi connectivity index (χ1v) is 14.4. The molecule has 11 nitrogen and oxygen atoms in total. The molecular formula is C31H40N4O7. The molecule has 1 saturated carbocycles. The third-order valence-electron chi connectivity index (χ3n) is 7.12. The standard InChI is InChI=1S/C31H40N4O7/c1-2-41-28(37)18-16-24(15-17-27(32)36)33-29(38)26(20-22-10-5-3-6-11-22)35-19-9-14-25(30(35)39)34-31(40)42-21-23-12-7-4-8-13-23/h4,7-9,12-14,16,18-19,22,24,26H,2-3,5-6,10-11,15,17,20-21H2,1H3,(H2,32,36)(H,33,38)(H,34,40)/b18-16+/t24-,26-/m0/s1. The Labute approximate surface area is 245 Å². The number of anilines is 1. The number of ether oxygens (including phenoxy) is 2. The highest BCUT2D eigenvalue weighted by Crippen LogP contribution is 2.31. The highest BCUT2D eigenvalue weighted by molar-refractivity contribution is 5.85. The minimum atomic E-state index is -0.894. The first kappa shape index (κ1) is 32.1. The quantitative estimate of drug-likeness (QED) is 0.225. The Kier molecular flexibility index (Phi) is 12.8. The van der Waals surface area contributed by atoms with Gasteiger partial charge in [0, 0.05) is 24.7 Å². The summed E-state index contributed by atoms with van der Waals surface area (Å²) < 4.78 is 11.5. The van der Waals surface area contributed by atoms with E-state index in [1.165, 1.54) is 29.0 Å². The van der Waals surface area contributed by atoms with Gasteiger partial charge < -0.3 is 25.1 Å². The molecule has 4 N–H and O–H groups in total. The lowest BCUT2D eigenvalue weighted by Crippen LogP contribution is -2.43. The van der Waals surface area contributed by atoms with Gasteiger partial charge in [-0.3, -0.25) is 19.7 Å². The number of nitrogens with two attached hydrogens (primary N) is 1. The Hall–Kier alpha value is -4.41. The molecule has 226 valence electrons. The summed E-state index contributed by atoms with van der Waals surface area (Å²) >= 11 is 0. The van der Waals surface area contributed by atoms with Gasteiger partial charge in [0.05, 0.1) is 6.61 Å². The van der Waals surface area contributed by atoms with Crippen LogP contribution in [0.3, 0.4) is 0 Å². The Morgan fingerprint density at radius 1 is 1.05 bits per heavy atom. The van der Waals surface area contributed by atoms with Crippen LogP contribution in [0.15, 0.2) is 65.6 Å². The second-order valence-corrected chi connectivity index (χ2v) is 10.3. The molecule has 1 aromatic heterocycles. The summed E-state index contributed by atoms with van der Waals surface area (Å²) in [7, 11) is 0. The maximum atomic E-state index is 13.7. The van der Waals surface area contributed by atoms with Gasteiger partial charge in [0.1, 0.15) is 18.3 Å². The number of rotatable bonds is 14. The van der Waals surface area contributed by atoms with Crippen LogP contribution in [0.4, 0.5) is 10.5 Å². The van der Waals surface area contributed by atoms with E-state index in [0.29, 0.717) is 6.42 Å². The van der Waals surface area contributed by atoms with Crippen LogP contribution in [0.1, 0.15) is 69.9 Å². The van der Waals surface area contributed by atoms with Crippen molar-refractivity contribution in [3.63, 3.8) is 0 Å². The van der Waals surface area contributed by atoms with Crippen LogP contribution in [0.5, 0.6) is 0 Å². The Balaban J connectivity index is 1.82. The third kappa shape index (κ3) is 10.5. The number of hydrogen-bond acceptors (Lipinski definition) is 7. The number of aromatic nitrogens is 1. The van der Waals surface area contributed by atoms with E-state index in [2.05, 4.69) is 10.6 Å². The molecule has 0 bridgehead atoms. The summed E-state index contributed by atoms with van der Waals surface area (Å²) in [5.74, 6) is -1.35. The highest BCUT2D eigenvalue weighted by Gasteiger charge is 2.28. The van der Waals surface area contributed by atoms with Gasteiger partial charge in [-0.2, -0.15) is 0 Å². The van der Waals surface area contributed by atoms with Gasteiger partial charge in [-0.25, -0.2) is 9.59 Å². The first-order valence-electron chi connectivity index (χ1n) is 14.4. The number of carbonyl (C=O) groups is 4. The lowest BCUT2D eigenvalue weighted by Gasteiger charge is -2.28. The third-order valence-corrected chi connectivity index (χ3v) is 7.12. The van der Waals surface area contributed by atoms with Crippen molar-refractivity contribution >= 4 is 29.6 Å². The van der Waals surface area contributed by atoms with Crippen molar-refractivity contribution in [1.29, 1.82) is 0 Å².